The van der Waals surface area contributed by atoms with E-state index in [1.165, 1.54) is 25.1 Å². The molecule has 0 saturated heterocycles. The molecular formula is C11H13NO5. The molecule has 0 fully saturated rings. The average Bonchev–Trinajstić information content (AvgIpc) is 2.27. The van der Waals surface area contributed by atoms with E-state index in [9.17, 15) is 20.0 Å². The third-order valence-corrected chi connectivity index (χ3v) is 2.63. The number of nitro groups is 1. The molecule has 2 atom stereocenters. The first kappa shape index (κ1) is 13.1. The Bertz CT molecular complexity index is 457. The average molecular weight is 239 g/mol. The van der Waals surface area contributed by atoms with Gasteiger partial charge in [0, 0.05) is 11.6 Å². The van der Waals surface area contributed by atoms with Crippen LogP contribution in [-0.2, 0) is 4.79 Å². The number of benzene rings is 1. The molecule has 0 bridgehead atoms. The normalized spacial score (nSPS) is 14.1. The zero-order chi connectivity index (χ0) is 13.2. The molecule has 0 aliphatic carbocycles. The summed E-state index contributed by atoms with van der Waals surface area (Å²) >= 11 is 0. The van der Waals surface area contributed by atoms with Crippen molar-refractivity contribution < 1.29 is 19.9 Å². The minimum Gasteiger partial charge on any atom is -0.481 e. The fourth-order valence-electron chi connectivity index (χ4n) is 1.43. The third kappa shape index (κ3) is 2.79. The van der Waals surface area contributed by atoms with Crippen LogP contribution in [0, 0.1) is 23.0 Å². The molecule has 0 aliphatic rings. The molecule has 0 saturated carbocycles. The summed E-state index contributed by atoms with van der Waals surface area (Å²) in [5, 5.41) is 29.2. The Morgan fingerprint density at radius 1 is 1.47 bits per heavy atom. The summed E-state index contributed by atoms with van der Waals surface area (Å²) in [6.07, 6.45) is -1.26. The van der Waals surface area contributed by atoms with Crippen LogP contribution in [0.5, 0.6) is 0 Å². The maximum Gasteiger partial charge on any atom is 0.309 e. The molecule has 0 unspecified atom stereocenters. The number of hydrogen-bond donors (Lipinski definition) is 2. The number of aryl methyl sites for hydroxylation is 1. The van der Waals surface area contributed by atoms with Crippen LogP contribution >= 0.6 is 0 Å². The maximum atomic E-state index is 10.7. The first-order valence-corrected chi connectivity index (χ1v) is 5.00. The van der Waals surface area contributed by atoms with Gasteiger partial charge in [-0.1, -0.05) is 12.1 Å². The van der Waals surface area contributed by atoms with Crippen LogP contribution in [0.3, 0.4) is 0 Å². The van der Waals surface area contributed by atoms with E-state index in [0.717, 1.165) is 0 Å². The van der Waals surface area contributed by atoms with Gasteiger partial charge in [0.05, 0.1) is 16.9 Å². The van der Waals surface area contributed by atoms with E-state index in [1.807, 2.05) is 0 Å². The lowest BCUT2D eigenvalue weighted by Crippen LogP contribution is -2.18. The zero-order valence-corrected chi connectivity index (χ0v) is 9.45. The third-order valence-electron chi connectivity index (χ3n) is 2.63. The van der Waals surface area contributed by atoms with Crippen molar-refractivity contribution in [3.63, 3.8) is 0 Å². The Labute approximate surface area is 97.7 Å². The number of nitrogens with zero attached hydrogens (tertiary/aromatic N) is 1. The molecule has 1 rings (SSSR count). The van der Waals surface area contributed by atoms with Gasteiger partial charge in [-0.05, 0) is 19.4 Å². The van der Waals surface area contributed by atoms with Crippen LogP contribution in [0.2, 0.25) is 0 Å². The van der Waals surface area contributed by atoms with Crippen LogP contribution in [-0.4, -0.2) is 21.1 Å². The fourth-order valence-corrected chi connectivity index (χ4v) is 1.43. The van der Waals surface area contributed by atoms with Crippen molar-refractivity contribution in [2.75, 3.05) is 0 Å². The fraction of sp³-hybridized carbons (Fsp3) is 0.364. The van der Waals surface area contributed by atoms with Gasteiger partial charge in [-0.3, -0.25) is 14.9 Å². The van der Waals surface area contributed by atoms with Gasteiger partial charge in [0.2, 0.25) is 0 Å². The van der Waals surface area contributed by atoms with Gasteiger partial charge in [-0.25, -0.2) is 0 Å². The Kier molecular flexibility index (Phi) is 3.80. The summed E-state index contributed by atoms with van der Waals surface area (Å²) in [4.78, 5) is 20.9. The number of aliphatic hydroxyl groups is 1. The van der Waals surface area contributed by atoms with Crippen molar-refractivity contribution in [1.29, 1.82) is 0 Å². The van der Waals surface area contributed by atoms with Crippen molar-refractivity contribution >= 4 is 11.7 Å². The van der Waals surface area contributed by atoms with Crippen molar-refractivity contribution in [2.24, 2.45) is 5.92 Å². The Hall–Kier alpha value is -1.95. The largest absolute Gasteiger partial charge is 0.481 e. The number of aliphatic hydroxyl groups excluding tert-OH is 1. The Morgan fingerprint density at radius 2 is 2.06 bits per heavy atom. The quantitative estimate of drug-likeness (QED) is 0.614. The number of carbonyl (C=O) groups is 1. The SMILES string of the molecule is Cc1ccc([C@H](O)[C@@H](C)C(=O)O)cc1[N+](=O)[O-]. The number of rotatable bonds is 4. The van der Waals surface area contributed by atoms with E-state index in [4.69, 9.17) is 5.11 Å². The number of carboxylic acids is 1. The second kappa shape index (κ2) is 4.92. The topological polar surface area (TPSA) is 101 Å². The predicted molar refractivity (Wildman–Crippen MR) is 59.6 cm³/mol. The van der Waals surface area contributed by atoms with Gasteiger partial charge in [0.15, 0.2) is 0 Å². The molecule has 0 aliphatic heterocycles. The lowest BCUT2D eigenvalue weighted by atomic mass is 9.96. The number of carboxylic acid groups (broad SMARTS) is 1. The smallest absolute Gasteiger partial charge is 0.309 e. The summed E-state index contributed by atoms with van der Waals surface area (Å²) in [5.41, 5.74) is 0.574. The van der Waals surface area contributed by atoms with E-state index in [-0.39, 0.29) is 11.3 Å². The second-order valence-corrected chi connectivity index (χ2v) is 3.87. The lowest BCUT2D eigenvalue weighted by molar-refractivity contribution is -0.385. The van der Waals surface area contributed by atoms with E-state index in [2.05, 4.69) is 0 Å². The molecule has 0 aromatic heterocycles. The minimum absolute atomic E-state index is 0.126. The van der Waals surface area contributed by atoms with Gasteiger partial charge < -0.3 is 10.2 Å². The van der Waals surface area contributed by atoms with Gasteiger partial charge in [0.25, 0.3) is 5.69 Å². The monoisotopic (exact) mass is 239 g/mol. The van der Waals surface area contributed by atoms with Crippen molar-refractivity contribution in [3.8, 4) is 0 Å². The summed E-state index contributed by atoms with van der Waals surface area (Å²) in [7, 11) is 0. The molecule has 2 N–H and O–H groups in total. The first-order valence-electron chi connectivity index (χ1n) is 5.00. The summed E-state index contributed by atoms with van der Waals surface area (Å²) in [6.45, 7) is 2.92. The highest BCUT2D eigenvalue weighted by Crippen LogP contribution is 2.27. The lowest BCUT2D eigenvalue weighted by Gasteiger charge is -2.15. The Morgan fingerprint density at radius 3 is 2.53 bits per heavy atom. The molecule has 1 aromatic carbocycles. The van der Waals surface area contributed by atoms with E-state index >= 15 is 0 Å². The van der Waals surface area contributed by atoms with Gasteiger partial charge >= 0.3 is 5.97 Å². The molecule has 0 amide bonds. The van der Waals surface area contributed by atoms with Crippen LogP contribution in [0.25, 0.3) is 0 Å². The van der Waals surface area contributed by atoms with E-state index in [0.29, 0.717) is 5.56 Å². The predicted octanol–water partition coefficient (Wildman–Crippen LogP) is 1.66. The zero-order valence-electron chi connectivity index (χ0n) is 9.45. The molecule has 0 heterocycles. The highest BCUT2D eigenvalue weighted by atomic mass is 16.6. The molecule has 17 heavy (non-hydrogen) atoms. The standard InChI is InChI=1S/C11H13NO5/c1-6-3-4-8(5-9(6)12(16)17)10(13)7(2)11(14)15/h3-5,7,10,13H,1-2H3,(H,14,15)/t7-,10-/m1/s1. The molecular weight excluding hydrogens is 226 g/mol. The second-order valence-electron chi connectivity index (χ2n) is 3.87. The molecule has 6 nitrogen and oxygen atoms in total. The highest BCUT2D eigenvalue weighted by molar-refractivity contribution is 5.70. The van der Waals surface area contributed by atoms with Crippen molar-refractivity contribution in [2.45, 2.75) is 20.0 Å². The van der Waals surface area contributed by atoms with Gasteiger partial charge in [-0.2, -0.15) is 0 Å². The van der Waals surface area contributed by atoms with Crippen LogP contribution < -0.4 is 0 Å². The van der Waals surface area contributed by atoms with Crippen molar-refractivity contribution in [3.05, 3.63) is 39.4 Å². The Balaban J connectivity index is 3.11. The highest BCUT2D eigenvalue weighted by Gasteiger charge is 2.24. The molecule has 92 valence electrons. The summed E-state index contributed by atoms with van der Waals surface area (Å²) < 4.78 is 0. The number of aliphatic carboxylic acids is 1. The number of hydrogen-bond acceptors (Lipinski definition) is 4. The molecule has 1 aromatic rings. The summed E-state index contributed by atoms with van der Waals surface area (Å²) in [6, 6.07) is 4.19. The van der Waals surface area contributed by atoms with Gasteiger partial charge in [0.1, 0.15) is 0 Å². The molecule has 0 spiro atoms. The first-order chi connectivity index (χ1) is 7.84. The minimum atomic E-state index is -1.26. The number of nitro benzene ring substituents is 1. The van der Waals surface area contributed by atoms with Crippen molar-refractivity contribution in [1.82, 2.24) is 0 Å². The van der Waals surface area contributed by atoms with Gasteiger partial charge in [-0.15, -0.1) is 0 Å². The van der Waals surface area contributed by atoms with Crippen LogP contribution in [0.1, 0.15) is 24.2 Å². The van der Waals surface area contributed by atoms with Crippen LogP contribution in [0.4, 0.5) is 5.69 Å². The molecule has 6 heteroatoms. The van der Waals surface area contributed by atoms with E-state index in [1.54, 1.807) is 6.92 Å². The van der Waals surface area contributed by atoms with Crippen LogP contribution in [0.15, 0.2) is 18.2 Å². The maximum absolute atomic E-state index is 10.7. The molecule has 0 radical (unpaired) electrons. The van der Waals surface area contributed by atoms with E-state index < -0.39 is 22.9 Å². The summed E-state index contributed by atoms with van der Waals surface area (Å²) in [5.74, 6) is -2.17.